The quantitative estimate of drug-likeness (QED) is 0.672. The van der Waals surface area contributed by atoms with E-state index >= 15 is 0 Å². The molecule has 0 fully saturated rings. The number of hydrogen-bond donors (Lipinski definition) is 2. The third-order valence-electron chi connectivity index (χ3n) is 3.66. The molecule has 0 saturated carbocycles. The Kier molecular flexibility index (Phi) is 4.66. The molecule has 5 nitrogen and oxygen atoms in total. The number of aromatic nitrogens is 1. The van der Waals surface area contributed by atoms with Crippen LogP contribution in [0.4, 0.5) is 0 Å². The summed E-state index contributed by atoms with van der Waals surface area (Å²) in [7, 11) is 1.62. The molecule has 2 aromatic carbocycles. The predicted octanol–water partition coefficient (Wildman–Crippen LogP) is 3.62. The lowest BCUT2D eigenvalue weighted by atomic mass is 10.1. The Hall–Kier alpha value is -2.60. The highest BCUT2D eigenvalue weighted by atomic mass is 79.9. The second-order valence-electron chi connectivity index (χ2n) is 5.22. The second-order valence-corrected chi connectivity index (χ2v) is 6.14. The summed E-state index contributed by atoms with van der Waals surface area (Å²) in [6.45, 7) is 0.456. The number of H-pyrrole nitrogens is 1. The molecule has 2 N–H and O–H groups in total. The van der Waals surface area contributed by atoms with Gasteiger partial charge in [0.1, 0.15) is 5.75 Å². The van der Waals surface area contributed by atoms with Gasteiger partial charge in [0.15, 0.2) is 0 Å². The van der Waals surface area contributed by atoms with Gasteiger partial charge in [-0.1, -0.05) is 28.1 Å². The van der Waals surface area contributed by atoms with Crippen molar-refractivity contribution in [3.63, 3.8) is 0 Å². The predicted molar refractivity (Wildman–Crippen MR) is 98.2 cm³/mol. The molecular formula is C18H15BrN2O3. The topological polar surface area (TPSA) is 74.7 Å². The van der Waals surface area contributed by atoms with Gasteiger partial charge in [0.25, 0.3) is 5.56 Å². The number of rotatable bonds is 4. The summed E-state index contributed by atoms with van der Waals surface area (Å²) in [6, 6.07) is 12.9. The summed E-state index contributed by atoms with van der Waals surface area (Å²) in [6.07, 6.45) is 1.57. The van der Waals surface area contributed by atoms with Crippen LogP contribution >= 0.6 is 15.9 Å². The van der Waals surface area contributed by atoms with Gasteiger partial charge in [0, 0.05) is 21.5 Å². The SMILES string of the molecule is COc1ccc(CN=Cc2c(O)[nH]c(=O)c3ccc(Br)cc23)cc1. The van der Waals surface area contributed by atoms with E-state index in [1.54, 1.807) is 31.5 Å². The normalized spacial score (nSPS) is 11.2. The van der Waals surface area contributed by atoms with Crippen molar-refractivity contribution in [3.05, 3.63) is 68.4 Å². The monoisotopic (exact) mass is 386 g/mol. The van der Waals surface area contributed by atoms with Crippen LogP contribution in [0.5, 0.6) is 11.6 Å². The highest BCUT2D eigenvalue weighted by molar-refractivity contribution is 9.10. The van der Waals surface area contributed by atoms with E-state index in [1.807, 2.05) is 24.3 Å². The Balaban J connectivity index is 1.94. The average Bonchev–Trinajstić information content (AvgIpc) is 2.58. The van der Waals surface area contributed by atoms with Gasteiger partial charge >= 0.3 is 0 Å². The van der Waals surface area contributed by atoms with Crippen LogP contribution in [0, 0.1) is 0 Å². The molecule has 0 saturated heterocycles. The standard InChI is InChI=1S/C18H15BrN2O3/c1-24-13-5-2-11(3-6-13)9-20-10-16-15-8-12(19)4-7-14(15)17(22)21-18(16)23/h2-8,10H,9H2,1H3,(H2,21,22,23). The molecule has 122 valence electrons. The molecular weight excluding hydrogens is 372 g/mol. The molecule has 24 heavy (non-hydrogen) atoms. The van der Waals surface area contributed by atoms with E-state index in [1.165, 1.54) is 0 Å². The number of aliphatic imine (C=N–C) groups is 1. The van der Waals surface area contributed by atoms with Crippen LogP contribution in [-0.2, 0) is 6.54 Å². The van der Waals surface area contributed by atoms with Crippen LogP contribution in [-0.4, -0.2) is 23.4 Å². The van der Waals surface area contributed by atoms with Crippen LogP contribution in [0.15, 0.2) is 56.7 Å². The third kappa shape index (κ3) is 3.33. The lowest BCUT2D eigenvalue weighted by Crippen LogP contribution is -2.08. The summed E-state index contributed by atoms with van der Waals surface area (Å²) < 4.78 is 5.94. The van der Waals surface area contributed by atoms with Crippen molar-refractivity contribution in [2.45, 2.75) is 6.54 Å². The van der Waals surface area contributed by atoms with Crippen molar-refractivity contribution in [2.75, 3.05) is 7.11 Å². The smallest absolute Gasteiger partial charge is 0.258 e. The number of aromatic hydroxyl groups is 1. The van der Waals surface area contributed by atoms with Crippen molar-refractivity contribution in [1.29, 1.82) is 0 Å². The number of hydrogen-bond acceptors (Lipinski definition) is 4. The van der Waals surface area contributed by atoms with Crippen molar-refractivity contribution in [2.24, 2.45) is 4.99 Å². The van der Waals surface area contributed by atoms with Gasteiger partial charge in [-0.15, -0.1) is 0 Å². The van der Waals surface area contributed by atoms with Crippen molar-refractivity contribution >= 4 is 32.9 Å². The zero-order valence-corrected chi connectivity index (χ0v) is 14.5. The van der Waals surface area contributed by atoms with E-state index in [2.05, 4.69) is 25.9 Å². The van der Waals surface area contributed by atoms with Crippen molar-refractivity contribution in [1.82, 2.24) is 4.98 Å². The minimum atomic E-state index is -0.331. The number of aromatic amines is 1. The summed E-state index contributed by atoms with van der Waals surface area (Å²) in [4.78, 5) is 18.7. The van der Waals surface area contributed by atoms with Crippen LogP contribution in [0.3, 0.4) is 0 Å². The van der Waals surface area contributed by atoms with Crippen molar-refractivity contribution in [3.8, 4) is 11.6 Å². The largest absolute Gasteiger partial charge is 0.497 e. The van der Waals surface area contributed by atoms with E-state index in [4.69, 9.17) is 4.74 Å². The first-order valence-corrected chi connectivity index (χ1v) is 8.05. The minimum absolute atomic E-state index is 0.191. The highest BCUT2D eigenvalue weighted by Crippen LogP contribution is 2.24. The van der Waals surface area contributed by atoms with Crippen molar-refractivity contribution < 1.29 is 9.84 Å². The van der Waals surface area contributed by atoms with E-state index in [0.717, 1.165) is 15.8 Å². The molecule has 0 unspecified atom stereocenters. The van der Waals surface area contributed by atoms with Crippen LogP contribution in [0.1, 0.15) is 11.1 Å². The third-order valence-corrected chi connectivity index (χ3v) is 4.15. The van der Waals surface area contributed by atoms with Crippen LogP contribution in [0.2, 0.25) is 0 Å². The Morgan fingerprint density at radius 3 is 2.67 bits per heavy atom. The molecule has 6 heteroatoms. The molecule has 0 atom stereocenters. The molecule has 3 aromatic rings. The average molecular weight is 387 g/mol. The Labute approximate surface area is 146 Å². The first kappa shape index (κ1) is 16.3. The number of ether oxygens (including phenoxy) is 1. The zero-order valence-electron chi connectivity index (χ0n) is 12.9. The summed E-state index contributed by atoms with van der Waals surface area (Å²) in [5.41, 5.74) is 1.17. The van der Waals surface area contributed by atoms with E-state index in [9.17, 15) is 9.90 Å². The summed E-state index contributed by atoms with van der Waals surface area (Å²) >= 11 is 3.38. The molecule has 1 heterocycles. The molecule has 0 aliphatic rings. The van der Waals surface area contributed by atoms with Gasteiger partial charge in [-0.05, 0) is 35.9 Å². The second kappa shape index (κ2) is 6.88. The number of pyridine rings is 1. The molecule has 0 amide bonds. The van der Waals surface area contributed by atoms with Gasteiger partial charge in [-0.3, -0.25) is 14.8 Å². The van der Waals surface area contributed by atoms with Gasteiger partial charge < -0.3 is 9.84 Å². The summed E-state index contributed by atoms with van der Waals surface area (Å²) in [5.74, 6) is 0.598. The molecule has 0 aliphatic heterocycles. The fourth-order valence-corrected chi connectivity index (χ4v) is 2.77. The molecule has 0 bridgehead atoms. The Bertz CT molecular complexity index is 962. The fraction of sp³-hybridized carbons (Fsp3) is 0.111. The lowest BCUT2D eigenvalue weighted by Gasteiger charge is -2.05. The van der Waals surface area contributed by atoms with Gasteiger partial charge in [-0.2, -0.15) is 0 Å². The first-order valence-electron chi connectivity index (χ1n) is 7.26. The Morgan fingerprint density at radius 1 is 1.21 bits per heavy atom. The van der Waals surface area contributed by atoms with Gasteiger partial charge in [-0.25, -0.2) is 0 Å². The number of benzene rings is 2. The number of methoxy groups -OCH3 is 1. The number of halogens is 1. The Morgan fingerprint density at radius 2 is 1.96 bits per heavy atom. The summed E-state index contributed by atoms with van der Waals surface area (Å²) in [5, 5.41) is 11.2. The molecule has 0 radical (unpaired) electrons. The zero-order chi connectivity index (χ0) is 17.1. The fourth-order valence-electron chi connectivity index (χ4n) is 2.41. The molecule has 0 spiro atoms. The van der Waals surface area contributed by atoms with E-state index in [0.29, 0.717) is 22.9 Å². The van der Waals surface area contributed by atoms with Crippen LogP contribution < -0.4 is 10.3 Å². The molecule has 0 aliphatic carbocycles. The lowest BCUT2D eigenvalue weighted by molar-refractivity contribution is 0.414. The number of fused-ring (bicyclic) bond motifs is 1. The number of nitrogens with one attached hydrogen (secondary N) is 1. The van der Waals surface area contributed by atoms with E-state index < -0.39 is 0 Å². The van der Waals surface area contributed by atoms with Gasteiger partial charge in [0.2, 0.25) is 5.88 Å². The molecule has 3 rings (SSSR count). The minimum Gasteiger partial charge on any atom is -0.497 e. The highest BCUT2D eigenvalue weighted by Gasteiger charge is 2.09. The molecule has 1 aromatic heterocycles. The van der Waals surface area contributed by atoms with Crippen LogP contribution in [0.25, 0.3) is 10.8 Å². The first-order chi connectivity index (χ1) is 11.6. The maximum Gasteiger partial charge on any atom is 0.258 e. The maximum absolute atomic E-state index is 11.9. The van der Waals surface area contributed by atoms with E-state index in [-0.39, 0.29) is 11.4 Å². The number of nitrogens with zero attached hydrogens (tertiary/aromatic N) is 1. The maximum atomic E-state index is 11.9. The van der Waals surface area contributed by atoms with Gasteiger partial charge in [0.05, 0.1) is 19.2 Å².